The Kier molecular flexibility index (Phi) is 4.83. The first-order chi connectivity index (χ1) is 15.6. The van der Waals surface area contributed by atoms with Crippen LogP contribution in [0.2, 0.25) is 0 Å². The van der Waals surface area contributed by atoms with Crippen molar-refractivity contribution in [1.82, 2.24) is 29.3 Å². The third-order valence-electron chi connectivity index (χ3n) is 5.81. The summed E-state index contributed by atoms with van der Waals surface area (Å²) < 4.78 is 37.7. The topological polar surface area (TPSA) is 117 Å². The van der Waals surface area contributed by atoms with Crippen molar-refractivity contribution in [3.63, 3.8) is 0 Å². The molecule has 0 aromatic carbocycles. The average Bonchev–Trinajstić information content (AvgIpc) is 3.40. The van der Waals surface area contributed by atoms with E-state index in [1.807, 2.05) is 36.2 Å². The summed E-state index contributed by atoms with van der Waals surface area (Å²) in [5.41, 5.74) is 6.66. The van der Waals surface area contributed by atoms with Crippen LogP contribution in [0, 0.1) is 6.92 Å². The highest BCUT2D eigenvalue weighted by Crippen LogP contribution is 2.39. The van der Waals surface area contributed by atoms with Crippen molar-refractivity contribution in [2.45, 2.75) is 51.7 Å². The number of hydrogen-bond acceptors (Lipinski definition) is 7. The van der Waals surface area contributed by atoms with Gasteiger partial charge >= 0.3 is 0 Å². The lowest BCUT2D eigenvalue weighted by Crippen LogP contribution is -2.40. The van der Waals surface area contributed by atoms with Crippen molar-refractivity contribution < 1.29 is 18.3 Å². The van der Waals surface area contributed by atoms with Gasteiger partial charge in [-0.25, -0.2) is 28.4 Å². The number of ether oxygens (including phenoxy) is 1. The highest BCUT2D eigenvalue weighted by atomic mass is 19.3. The van der Waals surface area contributed by atoms with Gasteiger partial charge in [-0.15, -0.1) is 0 Å². The van der Waals surface area contributed by atoms with Crippen LogP contribution in [0.15, 0.2) is 18.5 Å². The zero-order valence-electron chi connectivity index (χ0n) is 18.5. The van der Waals surface area contributed by atoms with Gasteiger partial charge in [0.15, 0.2) is 5.82 Å². The molecule has 5 heterocycles. The Balaban J connectivity index is 1.54. The number of primary amides is 1. The van der Waals surface area contributed by atoms with Gasteiger partial charge in [0.1, 0.15) is 41.6 Å². The molecule has 0 saturated carbocycles. The van der Waals surface area contributed by atoms with Crippen LogP contribution >= 0.6 is 0 Å². The van der Waals surface area contributed by atoms with Crippen molar-refractivity contribution in [3.05, 3.63) is 24.3 Å². The third-order valence-corrected chi connectivity index (χ3v) is 5.81. The quantitative estimate of drug-likeness (QED) is 0.637. The zero-order valence-corrected chi connectivity index (χ0v) is 18.5. The molecule has 0 aliphatic carbocycles. The number of carbonyl (C=O) groups is 1. The molecule has 2 N–H and O–H groups in total. The molecule has 0 radical (unpaired) electrons. The second-order valence-corrected chi connectivity index (χ2v) is 8.66. The number of hydrogen-bond donors (Lipinski definition) is 1. The molecule has 0 unspecified atom stereocenters. The second-order valence-electron chi connectivity index (χ2n) is 8.66. The van der Waals surface area contributed by atoms with E-state index < -0.39 is 30.8 Å². The number of nitrogens with zero attached hydrogens (tertiary/aromatic N) is 7. The van der Waals surface area contributed by atoms with Gasteiger partial charge in [-0.3, -0.25) is 4.79 Å². The monoisotopic (exact) mass is 458 g/mol. The van der Waals surface area contributed by atoms with Crippen molar-refractivity contribution in [2.75, 3.05) is 18.1 Å². The summed E-state index contributed by atoms with van der Waals surface area (Å²) in [5, 5.41) is 4.46. The summed E-state index contributed by atoms with van der Waals surface area (Å²) in [7, 11) is 0. The lowest BCUT2D eigenvalue weighted by molar-refractivity contribution is -0.119. The van der Waals surface area contributed by atoms with Gasteiger partial charge < -0.3 is 19.9 Å². The number of aromatic nitrogens is 6. The lowest BCUT2D eigenvalue weighted by atomic mass is 10.2. The van der Waals surface area contributed by atoms with E-state index in [4.69, 9.17) is 15.5 Å². The minimum absolute atomic E-state index is 0.111. The maximum Gasteiger partial charge on any atom is 0.267 e. The second kappa shape index (κ2) is 7.49. The van der Waals surface area contributed by atoms with Crippen LogP contribution in [0.25, 0.3) is 22.9 Å². The fraction of sp³-hybridized carbons (Fsp3) is 0.476. The van der Waals surface area contributed by atoms with Gasteiger partial charge in [-0.1, -0.05) is 0 Å². The SMILES string of the molecule is Cc1nc(-c2cn3c(n2)-c2cnc(N4CC(F)(F)C[C@H]4C(N)=O)cc2OCC3)n(C(C)C)n1. The smallest absolute Gasteiger partial charge is 0.267 e. The number of rotatable bonds is 4. The summed E-state index contributed by atoms with van der Waals surface area (Å²) in [6.45, 7) is 6.13. The number of fused-ring (bicyclic) bond motifs is 3. The van der Waals surface area contributed by atoms with Crippen molar-refractivity contribution in [2.24, 2.45) is 5.73 Å². The van der Waals surface area contributed by atoms with Crippen LogP contribution in [0.4, 0.5) is 14.6 Å². The number of anilines is 1. The van der Waals surface area contributed by atoms with Crippen LogP contribution in [-0.4, -0.2) is 60.3 Å². The van der Waals surface area contributed by atoms with Gasteiger partial charge in [0.05, 0.1) is 18.7 Å². The number of alkyl halides is 2. The van der Waals surface area contributed by atoms with Gasteiger partial charge in [0.25, 0.3) is 5.92 Å². The maximum absolute atomic E-state index is 14.0. The standard InChI is InChI=1S/C21H24F2N8O2/c1-11(2)31-20(26-12(3)28-31)14-9-29-4-5-33-16-6-17(25-8-13(16)19(29)27-14)30-10-21(22,23)7-15(30)18(24)32/h6,8-9,11,15H,4-5,7,10H2,1-3H3,(H2,24,32)/t15-/m0/s1. The predicted octanol–water partition coefficient (Wildman–Crippen LogP) is 2.18. The number of carbonyl (C=O) groups excluding carboxylic acids is 1. The number of nitrogens with two attached hydrogens (primary N) is 1. The van der Waals surface area contributed by atoms with E-state index in [0.717, 1.165) is 0 Å². The van der Waals surface area contributed by atoms with E-state index in [9.17, 15) is 13.6 Å². The Bertz CT molecular complexity index is 1240. The summed E-state index contributed by atoms with van der Waals surface area (Å²) >= 11 is 0. The molecule has 2 aliphatic rings. The van der Waals surface area contributed by atoms with Crippen LogP contribution < -0.4 is 15.4 Å². The summed E-state index contributed by atoms with van der Waals surface area (Å²) in [6, 6.07) is 0.548. The van der Waals surface area contributed by atoms with E-state index in [1.54, 1.807) is 6.07 Å². The Labute approximate surface area is 188 Å². The molecule has 1 fully saturated rings. The Morgan fingerprint density at radius 2 is 2.09 bits per heavy atom. The number of halogens is 2. The molecule has 12 heteroatoms. The minimum atomic E-state index is -3.02. The molecule has 10 nitrogen and oxygen atoms in total. The van der Waals surface area contributed by atoms with Gasteiger partial charge in [0, 0.05) is 30.9 Å². The molecule has 33 heavy (non-hydrogen) atoms. The number of pyridine rings is 1. The van der Waals surface area contributed by atoms with Crippen molar-refractivity contribution in [1.29, 1.82) is 0 Å². The predicted molar refractivity (Wildman–Crippen MR) is 115 cm³/mol. The highest BCUT2D eigenvalue weighted by molar-refractivity contribution is 5.84. The Hall–Kier alpha value is -3.57. The van der Waals surface area contributed by atoms with E-state index >= 15 is 0 Å². The van der Waals surface area contributed by atoms with E-state index in [1.165, 1.54) is 11.1 Å². The average molecular weight is 458 g/mol. The minimum Gasteiger partial charge on any atom is -0.491 e. The molecule has 1 atom stereocenters. The van der Waals surface area contributed by atoms with E-state index in [0.29, 0.717) is 47.6 Å². The van der Waals surface area contributed by atoms with Crippen LogP contribution in [0.3, 0.4) is 0 Å². The fourth-order valence-corrected chi connectivity index (χ4v) is 4.31. The molecule has 3 aromatic heterocycles. The number of imidazole rings is 1. The molecule has 3 aromatic rings. The first-order valence-electron chi connectivity index (χ1n) is 10.7. The molecule has 2 aliphatic heterocycles. The molecule has 5 rings (SSSR count). The van der Waals surface area contributed by atoms with Crippen LogP contribution in [-0.2, 0) is 11.3 Å². The third kappa shape index (κ3) is 3.68. The number of amides is 1. The summed E-state index contributed by atoms with van der Waals surface area (Å²) in [5.74, 6) is -1.21. The van der Waals surface area contributed by atoms with Gasteiger partial charge in [-0.2, -0.15) is 5.10 Å². The molecule has 1 saturated heterocycles. The first-order valence-corrected chi connectivity index (χ1v) is 10.7. The molecule has 1 amide bonds. The van der Waals surface area contributed by atoms with Crippen LogP contribution in [0.5, 0.6) is 5.75 Å². The van der Waals surface area contributed by atoms with E-state index in [-0.39, 0.29) is 11.9 Å². The maximum atomic E-state index is 14.0. The fourth-order valence-electron chi connectivity index (χ4n) is 4.31. The summed E-state index contributed by atoms with van der Waals surface area (Å²) in [6.07, 6.45) is 2.80. The molecule has 0 spiro atoms. The summed E-state index contributed by atoms with van der Waals surface area (Å²) in [4.78, 5) is 26.7. The van der Waals surface area contributed by atoms with Gasteiger partial charge in [-0.05, 0) is 20.8 Å². The zero-order chi connectivity index (χ0) is 23.5. The normalized spacial score (nSPS) is 19.2. The Morgan fingerprint density at radius 1 is 1.30 bits per heavy atom. The largest absolute Gasteiger partial charge is 0.491 e. The molecule has 0 bridgehead atoms. The molecular weight excluding hydrogens is 434 g/mol. The molecule has 174 valence electrons. The van der Waals surface area contributed by atoms with Crippen LogP contribution in [0.1, 0.15) is 32.1 Å². The van der Waals surface area contributed by atoms with Crippen molar-refractivity contribution >= 4 is 11.7 Å². The highest BCUT2D eigenvalue weighted by Gasteiger charge is 2.48. The Morgan fingerprint density at radius 3 is 2.82 bits per heavy atom. The van der Waals surface area contributed by atoms with Crippen molar-refractivity contribution in [3.8, 4) is 28.7 Å². The lowest BCUT2D eigenvalue weighted by Gasteiger charge is -2.23. The van der Waals surface area contributed by atoms with E-state index in [2.05, 4.69) is 15.1 Å². The molecular formula is C21H24F2N8O2. The number of aryl methyl sites for hydroxylation is 1. The van der Waals surface area contributed by atoms with Gasteiger partial charge in [0.2, 0.25) is 5.91 Å². The first kappa shape index (κ1) is 21.3.